The smallest absolute Gasteiger partial charge is 0.246 e. The predicted molar refractivity (Wildman–Crippen MR) is 98.5 cm³/mol. The van der Waals surface area contributed by atoms with Crippen molar-refractivity contribution in [1.29, 1.82) is 0 Å². The van der Waals surface area contributed by atoms with Crippen LogP contribution >= 0.6 is 0 Å². The van der Waals surface area contributed by atoms with E-state index in [4.69, 9.17) is 0 Å². The van der Waals surface area contributed by atoms with Gasteiger partial charge in [-0.1, -0.05) is 42.0 Å². The van der Waals surface area contributed by atoms with Crippen LogP contribution < -0.4 is 0 Å². The van der Waals surface area contributed by atoms with Gasteiger partial charge in [-0.25, -0.2) is 4.39 Å². The number of amides is 1. The summed E-state index contributed by atoms with van der Waals surface area (Å²) < 4.78 is 12.9. The molecule has 1 aliphatic heterocycles. The Morgan fingerprint density at radius 2 is 1.80 bits per heavy atom. The summed E-state index contributed by atoms with van der Waals surface area (Å²) in [6.07, 6.45) is 3.31. The zero-order chi connectivity index (χ0) is 17.6. The second kappa shape index (κ2) is 8.08. The van der Waals surface area contributed by atoms with Gasteiger partial charge in [0.15, 0.2) is 0 Å². The number of carbonyl (C=O) groups excluding carboxylic acids is 1. The molecule has 0 saturated carbocycles. The Bertz CT molecular complexity index is 747. The third kappa shape index (κ3) is 5.00. The largest absolute Gasteiger partial charge is 0.337 e. The molecule has 1 saturated heterocycles. The van der Waals surface area contributed by atoms with Crippen molar-refractivity contribution < 1.29 is 9.18 Å². The lowest BCUT2D eigenvalue weighted by Crippen LogP contribution is -2.47. The Morgan fingerprint density at radius 3 is 2.48 bits per heavy atom. The number of carbonyl (C=O) groups is 1. The molecule has 0 aromatic heterocycles. The topological polar surface area (TPSA) is 23.6 Å². The quantitative estimate of drug-likeness (QED) is 0.797. The lowest BCUT2D eigenvalue weighted by molar-refractivity contribution is -0.127. The summed E-state index contributed by atoms with van der Waals surface area (Å²) in [4.78, 5) is 16.5. The number of hydrogen-bond acceptors (Lipinski definition) is 2. The minimum atomic E-state index is -0.270. The number of piperazine rings is 1. The van der Waals surface area contributed by atoms with E-state index in [0.717, 1.165) is 38.3 Å². The Hall–Kier alpha value is -2.46. The molecule has 0 unspecified atom stereocenters. The first-order valence-corrected chi connectivity index (χ1v) is 8.60. The molecule has 0 bridgehead atoms. The molecule has 1 amide bonds. The van der Waals surface area contributed by atoms with E-state index < -0.39 is 0 Å². The van der Waals surface area contributed by atoms with Gasteiger partial charge in [-0.15, -0.1) is 0 Å². The highest BCUT2D eigenvalue weighted by molar-refractivity contribution is 5.91. The van der Waals surface area contributed by atoms with Crippen molar-refractivity contribution in [3.8, 4) is 0 Å². The molecular formula is C21H23FN2O. The number of aryl methyl sites for hydroxylation is 1. The first-order valence-electron chi connectivity index (χ1n) is 8.60. The van der Waals surface area contributed by atoms with Crippen molar-refractivity contribution in [2.45, 2.75) is 13.5 Å². The molecule has 0 aliphatic carbocycles. The molecule has 4 heteroatoms. The van der Waals surface area contributed by atoms with Crippen LogP contribution in [0.3, 0.4) is 0 Å². The molecule has 1 fully saturated rings. The van der Waals surface area contributed by atoms with Crippen molar-refractivity contribution in [2.75, 3.05) is 26.2 Å². The highest BCUT2D eigenvalue weighted by Crippen LogP contribution is 2.11. The van der Waals surface area contributed by atoms with E-state index >= 15 is 0 Å². The molecule has 2 aromatic rings. The fourth-order valence-electron chi connectivity index (χ4n) is 3.04. The molecule has 0 N–H and O–H groups in total. The van der Waals surface area contributed by atoms with Gasteiger partial charge in [0.2, 0.25) is 5.91 Å². The Balaban J connectivity index is 1.49. The Kier molecular flexibility index (Phi) is 5.61. The number of rotatable bonds is 4. The van der Waals surface area contributed by atoms with Gasteiger partial charge < -0.3 is 4.90 Å². The maximum atomic E-state index is 12.9. The number of benzene rings is 2. The maximum absolute atomic E-state index is 12.9. The summed E-state index contributed by atoms with van der Waals surface area (Å²) in [6, 6.07) is 14.7. The van der Waals surface area contributed by atoms with Gasteiger partial charge in [0, 0.05) is 38.8 Å². The van der Waals surface area contributed by atoms with Crippen LogP contribution in [0.1, 0.15) is 16.7 Å². The van der Waals surface area contributed by atoms with Gasteiger partial charge in [-0.05, 0) is 36.3 Å². The van der Waals surface area contributed by atoms with Gasteiger partial charge in [0.25, 0.3) is 0 Å². The van der Waals surface area contributed by atoms with Crippen molar-refractivity contribution in [2.24, 2.45) is 0 Å². The normalized spacial score (nSPS) is 15.7. The van der Waals surface area contributed by atoms with Crippen LogP contribution in [-0.2, 0) is 11.3 Å². The summed E-state index contributed by atoms with van der Waals surface area (Å²) in [6.45, 7) is 6.26. The van der Waals surface area contributed by atoms with Crippen molar-refractivity contribution in [3.63, 3.8) is 0 Å². The summed E-state index contributed by atoms with van der Waals surface area (Å²) >= 11 is 0. The van der Waals surface area contributed by atoms with E-state index in [1.165, 1.54) is 23.3 Å². The second-order valence-corrected chi connectivity index (χ2v) is 6.48. The molecule has 25 heavy (non-hydrogen) atoms. The minimum Gasteiger partial charge on any atom is -0.337 e. The first-order chi connectivity index (χ1) is 12.1. The monoisotopic (exact) mass is 338 g/mol. The fourth-order valence-corrected chi connectivity index (χ4v) is 3.04. The minimum absolute atomic E-state index is 0.0135. The summed E-state index contributed by atoms with van der Waals surface area (Å²) in [7, 11) is 0. The second-order valence-electron chi connectivity index (χ2n) is 6.48. The van der Waals surface area contributed by atoms with Gasteiger partial charge in [0.1, 0.15) is 5.82 Å². The lowest BCUT2D eigenvalue weighted by Gasteiger charge is -2.34. The highest BCUT2D eigenvalue weighted by Gasteiger charge is 2.19. The van der Waals surface area contributed by atoms with Crippen LogP contribution in [-0.4, -0.2) is 41.9 Å². The molecule has 1 aliphatic rings. The maximum Gasteiger partial charge on any atom is 0.246 e. The summed E-state index contributed by atoms with van der Waals surface area (Å²) in [5.74, 6) is -0.257. The number of halogens is 1. The van der Waals surface area contributed by atoms with Gasteiger partial charge in [-0.3, -0.25) is 9.69 Å². The van der Waals surface area contributed by atoms with Crippen LogP contribution in [0.5, 0.6) is 0 Å². The molecule has 2 aromatic carbocycles. The number of nitrogens with zero attached hydrogens (tertiary/aromatic N) is 2. The average molecular weight is 338 g/mol. The molecule has 1 heterocycles. The van der Waals surface area contributed by atoms with Gasteiger partial charge >= 0.3 is 0 Å². The van der Waals surface area contributed by atoms with Crippen LogP contribution in [0.15, 0.2) is 54.6 Å². The molecule has 3 nitrogen and oxygen atoms in total. The van der Waals surface area contributed by atoms with E-state index in [-0.39, 0.29) is 11.7 Å². The summed E-state index contributed by atoms with van der Waals surface area (Å²) in [5, 5.41) is 0. The average Bonchev–Trinajstić information content (AvgIpc) is 2.62. The van der Waals surface area contributed by atoms with Crippen LogP contribution in [0.4, 0.5) is 4.39 Å². The fraction of sp³-hybridized carbons (Fsp3) is 0.286. The first kappa shape index (κ1) is 17.4. The van der Waals surface area contributed by atoms with E-state index in [2.05, 4.69) is 36.1 Å². The van der Waals surface area contributed by atoms with E-state index in [0.29, 0.717) is 0 Å². The lowest BCUT2D eigenvalue weighted by atomic mass is 10.1. The third-order valence-corrected chi connectivity index (χ3v) is 4.46. The number of hydrogen-bond donors (Lipinski definition) is 0. The van der Waals surface area contributed by atoms with Gasteiger partial charge in [-0.2, -0.15) is 0 Å². The zero-order valence-corrected chi connectivity index (χ0v) is 14.5. The third-order valence-electron chi connectivity index (χ3n) is 4.46. The molecule has 3 rings (SSSR count). The van der Waals surface area contributed by atoms with Crippen LogP contribution in [0, 0.1) is 12.7 Å². The summed E-state index contributed by atoms with van der Waals surface area (Å²) in [5.41, 5.74) is 3.42. The van der Waals surface area contributed by atoms with Crippen LogP contribution in [0.2, 0.25) is 0 Å². The molecule has 130 valence electrons. The molecule has 0 radical (unpaired) electrons. The van der Waals surface area contributed by atoms with Crippen LogP contribution in [0.25, 0.3) is 6.08 Å². The van der Waals surface area contributed by atoms with Gasteiger partial charge in [0.05, 0.1) is 0 Å². The standard InChI is InChI=1S/C21H23FN2O/c1-17-3-2-4-19(15-17)16-23-11-13-24(14-12-23)21(25)10-7-18-5-8-20(22)9-6-18/h2-10,15H,11-14,16H2,1H3/b10-7+. The predicted octanol–water partition coefficient (Wildman–Crippen LogP) is 3.49. The van der Waals surface area contributed by atoms with Crippen molar-refractivity contribution in [1.82, 2.24) is 9.80 Å². The SMILES string of the molecule is Cc1cccc(CN2CCN(C(=O)/C=C/c3ccc(F)cc3)CC2)c1. The Labute approximate surface area is 148 Å². The van der Waals surface area contributed by atoms with E-state index in [1.54, 1.807) is 24.3 Å². The zero-order valence-electron chi connectivity index (χ0n) is 14.5. The van der Waals surface area contributed by atoms with Crippen molar-refractivity contribution >= 4 is 12.0 Å². The Morgan fingerprint density at radius 1 is 1.08 bits per heavy atom. The molecular weight excluding hydrogens is 315 g/mol. The van der Waals surface area contributed by atoms with E-state index in [1.807, 2.05) is 4.90 Å². The van der Waals surface area contributed by atoms with E-state index in [9.17, 15) is 9.18 Å². The van der Waals surface area contributed by atoms with Crippen molar-refractivity contribution in [3.05, 3.63) is 77.1 Å². The highest BCUT2D eigenvalue weighted by atomic mass is 19.1. The molecule has 0 atom stereocenters. The molecule has 0 spiro atoms.